The average Bonchev–Trinajstić information content (AvgIpc) is 2.44. The minimum Gasteiger partial charge on any atom is -0.492 e. The van der Waals surface area contributed by atoms with Crippen molar-refractivity contribution in [1.29, 1.82) is 0 Å². The van der Waals surface area contributed by atoms with Gasteiger partial charge in [0.15, 0.2) is 11.6 Å². The smallest absolute Gasteiger partial charge is 0.492 e. The summed E-state index contributed by atoms with van der Waals surface area (Å²) in [6.45, 7) is 0. The van der Waals surface area contributed by atoms with Crippen LogP contribution < -0.4 is 15.2 Å². The maximum atomic E-state index is 14.4. The second kappa shape index (κ2) is 6.37. The number of nitrogens with two attached hydrogens (primary N) is 1. The van der Waals surface area contributed by atoms with Crippen LogP contribution in [0, 0.1) is 5.82 Å². The summed E-state index contributed by atoms with van der Waals surface area (Å²) < 4.78 is 24.2. The van der Waals surface area contributed by atoms with E-state index in [1.165, 1.54) is 19.2 Å². The topological polar surface area (TPSA) is 94.7 Å². The fourth-order valence-electron chi connectivity index (χ4n) is 1.73. The molecule has 0 aliphatic carbocycles. The van der Waals surface area contributed by atoms with E-state index in [1.807, 2.05) is 0 Å². The number of hydrogen-bond donors (Lipinski definition) is 2. The minimum atomic E-state index is -1.61. The van der Waals surface area contributed by atoms with Crippen molar-refractivity contribution in [3.05, 3.63) is 33.5 Å². The highest BCUT2D eigenvalue weighted by atomic mass is 79.9. The van der Waals surface area contributed by atoms with Gasteiger partial charge in [-0.15, -0.1) is 0 Å². The molecule has 0 saturated heterocycles. The molecule has 2 aromatic rings. The highest BCUT2D eigenvalue weighted by Crippen LogP contribution is 2.38. The zero-order valence-electron chi connectivity index (χ0n) is 11.1. The largest absolute Gasteiger partial charge is 0.512 e. The van der Waals surface area contributed by atoms with Crippen LogP contribution in [0.5, 0.6) is 11.6 Å². The van der Waals surface area contributed by atoms with Crippen LogP contribution >= 0.6 is 27.5 Å². The van der Waals surface area contributed by atoms with Crippen LogP contribution in [-0.2, 0) is 0 Å². The lowest BCUT2D eigenvalue weighted by atomic mass is 10.1. The third kappa shape index (κ3) is 3.07. The van der Waals surface area contributed by atoms with Crippen molar-refractivity contribution in [2.45, 2.75) is 0 Å². The monoisotopic (exact) mass is 390 g/mol. The lowest BCUT2D eigenvalue weighted by Gasteiger charge is -2.11. The SMILES string of the molecule is COc1c(Br)ccc(-c2cc(N)c(Cl)c(OC(=O)O)n2)c1F. The van der Waals surface area contributed by atoms with E-state index in [1.54, 1.807) is 6.07 Å². The molecular formula is C13H9BrClFN2O4. The summed E-state index contributed by atoms with van der Waals surface area (Å²) in [5.74, 6) is -1.13. The van der Waals surface area contributed by atoms with Crippen molar-refractivity contribution in [3.63, 3.8) is 0 Å². The van der Waals surface area contributed by atoms with Gasteiger partial charge in [0.25, 0.3) is 0 Å². The molecule has 0 fully saturated rings. The lowest BCUT2D eigenvalue weighted by molar-refractivity contribution is 0.142. The van der Waals surface area contributed by atoms with Gasteiger partial charge in [-0.1, -0.05) is 11.6 Å². The summed E-state index contributed by atoms with van der Waals surface area (Å²) in [7, 11) is 1.32. The highest BCUT2D eigenvalue weighted by Gasteiger charge is 2.19. The number of nitrogens with zero attached hydrogens (tertiary/aromatic N) is 1. The Balaban J connectivity index is 2.63. The molecule has 22 heavy (non-hydrogen) atoms. The van der Waals surface area contributed by atoms with Gasteiger partial charge in [0.05, 0.1) is 23.0 Å². The summed E-state index contributed by atoms with van der Waals surface area (Å²) in [4.78, 5) is 14.5. The Kier molecular flexibility index (Phi) is 4.72. The van der Waals surface area contributed by atoms with Gasteiger partial charge in [0, 0.05) is 5.56 Å². The number of ether oxygens (including phenoxy) is 2. The molecule has 0 aliphatic heterocycles. The van der Waals surface area contributed by atoms with E-state index in [0.717, 1.165) is 0 Å². The van der Waals surface area contributed by atoms with Gasteiger partial charge < -0.3 is 20.3 Å². The third-order valence-corrected chi connectivity index (χ3v) is 3.67. The quantitative estimate of drug-likeness (QED) is 0.769. The summed E-state index contributed by atoms with van der Waals surface area (Å²) in [5.41, 5.74) is 5.79. The van der Waals surface area contributed by atoms with Gasteiger partial charge >= 0.3 is 6.16 Å². The first-order valence-electron chi connectivity index (χ1n) is 5.74. The third-order valence-electron chi connectivity index (χ3n) is 2.67. The van der Waals surface area contributed by atoms with Crippen LogP contribution in [0.15, 0.2) is 22.7 Å². The Labute approximate surface area is 137 Å². The number of anilines is 1. The summed E-state index contributed by atoms with van der Waals surface area (Å²) in [5, 5.41) is 8.48. The zero-order valence-corrected chi connectivity index (χ0v) is 13.4. The predicted octanol–water partition coefficient (Wildman–Crippen LogP) is 3.95. The Morgan fingerprint density at radius 2 is 2.18 bits per heavy atom. The Hall–Kier alpha value is -2.06. The van der Waals surface area contributed by atoms with E-state index >= 15 is 0 Å². The Bertz CT molecular complexity index is 757. The molecule has 0 radical (unpaired) electrons. The van der Waals surface area contributed by atoms with Crippen molar-refractivity contribution < 1.29 is 23.8 Å². The lowest BCUT2D eigenvalue weighted by Crippen LogP contribution is -2.07. The molecule has 3 N–H and O–H groups in total. The van der Waals surface area contributed by atoms with Crippen LogP contribution in [0.2, 0.25) is 5.02 Å². The number of pyridine rings is 1. The molecule has 0 atom stereocenters. The second-order valence-electron chi connectivity index (χ2n) is 4.03. The molecule has 0 saturated carbocycles. The normalized spacial score (nSPS) is 10.4. The van der Waals surface area contributed by atoms with Crippen molar-refractivity contribution in [3.8, 4) is 22.9 Å². The number of halogens is 3. The molecule has 1 aromatic carbocycles. The van der Waals surface area contributed by atoms with Crippen molar-refractivity contribution >= 4 is 39.4 Å². The summed E-state index contributed by atoms with van der Waals surface area (Å²) >= 11 is 8.97. The first kappa shape index (κ1) is 16.3. The van der Waals surface area contributed by atoms with Gasteiger partial charge in [-0.25, -0.2) is 14.2 Å². The molecule has 0 spiro atoms. The van der Waals surface area contributed by atoms with E-state index in [0.29, 0.717) is 4.47 Å². The van der Waals surface area contributed by atoms with Crippen LogP contribution in [-0.4, -0.2) is 23.4 Å². The van der Waals surface area contributed by atoms with E-state index in [-0.39, 0.29) is 27.7 Å². The Morgan fingerprint density at radius 1 is 1.50 bits per heavy atom. The molecule has 6 nitrogen and oxygen atoms in total. The standard InChI is InChI=1S/C13H9BrClFN2O4/c1-21-11-6(14)3-2-5(10(11)16)8-4-7(17)9(15)12(18-8)22-13(19)20/h2-4H,1H3,(H2,17,18)(H,19,20). The van der Waals surface area contributed by atoms with Gasteiger partial charge in [-0.2, -0.15) is 0 Å². The number of nitrogen functional groups attached to an aromatic ring is 1. The Morgan fingerprint density at radius 3 is 2.77 bits per heavy atom. The molecule has 0 unspecified atom stereocenters. The number of methoxy groups -OCH3 is 1. The molecular weight excluding hydrogens is 383 g/mol. The fraction of sp³-hybridized carbons (Fsp3) is 0.0769. The van der Waals surface area contributed by atoms with Crippen LogP contribution in [0.3, 0.4) is 0 Å². The number of hydrogen-bond acceptors (Lipinski definition) is 5. The summed E-state index contributed by atoms with van der Waals surface area (Å²) in [6.07, 6.45) is -1.61. The molecule has 0 amide bonds. The van der Waals surface area contributed by atoms with Crippen LogP contribution in [0.25, 0.3) is 11.3 Å². The highest BCUT2D eigenvalue weighted by molar-refractivity contribution is 9.10. The van der Waals surface area contributed by atoms with E-state index < -0.39 is 17.9 Å². The average molecular weight is 392 g/mol. The zero-order chi connectivity index (χ0) is 16.4. The van der Waals surface area contributed by atoms with E-state index in [9.17, 15) is 9.18 Å². The first-order valence-corrected chi connectivity index (χ1v) is 6.91. The molecule has 2 rings (SSSR count). The van der Waals surface area contributed by atoms with Crippen molar-refractivity contribution in [1.82, 2.24) is 4.98 Å². The van der Waals surface area contributed by atoms with Gasteiger partial charge in [0.2, 0.25) is 5.88 Å². The maximum absolute atomic E-state index is 14.4. The van der Waals surface area contributed by atoms with Gasteiger partial charge in [-0.05, 0) is 34.1 Å². The molecule has 9 heteroatoms. The number of carboxylic acid groups (broad SMARTS) is 1. The van der Waals surface area contributed by atoms with E-state index in [2.05, 4.69) is 25.7 Å². The molecule has 1 aromatic heterocycles. The second-order valence-corrected chi connectivity index (χ2v) is 5.26. The number of rotatable bonds is 3. The molecule has 116 valence electrons. The van der Waals surface area contributed by atoms with Crippen LogP contribution in [0.4, 0.5) is 14.9 Å². The minimum absolute atomic E-state index is 0.00389. The molecule has 1 heterocycles. The van der Waals surface area contributed by atoms with Crippen LogP contribution in [0.1, 0.15) is 0 Å². The van der Waals surface area contributed by atoms with Gasteiger partial charge in [-0.3, -0.25) is 0 Å². The maximum Gasteiger partial charge on any atom is 0.512 e. The number of benzene rings is 1. The predicted molar refractivity (Wildman–Crippen MR) is 82.0 cm³/mol. The van der Waals surface area contributed by atoms with E-state index in [4.69, 9.17) is 27.2 Å². The number of carbonyl (C=O) groups is 1. The fourth-order valence-corrected chi connectivity index (χ4v) is 2.33. The molecule has 0 aliphatic rings. The molecule has 0 bridgehead atoms. The van der Waals surface area contributed by atoms with Crippen molar-refractivity contribution in [2.75, 3.05) is 12.8 Å². The number of aromatic nitrogens is 1. The first-order chi connectivity index (χ1) is 10.3. The van der Waals surface area contributed by atoms with Crippen molar-refractivity contribution in [2.24, 2.45) is 0 Å². The summed E-state index contributed by atoms with van der Waals surface area (Å²) in [6, 6.07) is 4.30. The van der Waals surface area contributed by atoms with Gasteiger partial charge in [0.1, 0.15) is 5.02 Å².